The van der Waals surface area contributed by atoms with Gasteiger partial charge >= 0.3 is 5.91 Å². The van der Waals surface area contributed by atoms with E-state index in [1.54, 1.807) is 48.5 Å². The molecule has 1 atom stereocenters. The van der Waals surface area contributed by atoms with Crippen LogP contribution in [0.5, 0.6) is 17.2 Å². The number of hydrogen-bond donors (Lipinski definition) is 1. The number of amides is 1. The normalized spacial score (nSPS) is 17.2. The highest BCUT2D eigenvalue weighted by Gasteiger charge is 2.48. The Morgan fingerprint density at radius 3 is 2.67 bits per heavy atom. The number of carbonyl (C=O) groups excluding carboxylic acids is 2. The number of aryl methyl sites for hydroxylation is 1. The number of aliphatic hydroxyl groups is 1. The van der Waals surface area contributed by atoms with Gasteiger partial charge in [0.1, 0.15) is 31.3 Å². The fraction of sp³-hybridized carbons (Fsp3) is 0.188. The zero-order chi connectivity index (χ0) is 29.9. The summed E-state index contributed by atoms with van der Waals surface area (Å²) in [7, 11) is 0. The highest BCUT2D eigenvalue weighted by Crippen LogP contribution is 2.45. The van der Waals surface area contributed by atoms with E-state index in [1.165, 1.54) is 33.6 Å². The number of anilines is 1. The van der Waals surface area contributed by atoms with Gasteiger partial charge in [-0.2, -0.15) is 0 Å². The summed E-state index contributed by atoms with van der Waals surface area (Å²) in [6.07, 6.45) is 1.62. The number of aliphatic hydroxyl groups excluding tert-OH is 1. The van der Waals surface area contributed by atoms with Crippen molar-refractivity contribution in [1.82, 2.24) is 10.2 Å². The van der Waals surface area contributed by atoms with E-state index < -0.39 is 17.7 Å². The smallest absolute Gasteiger partial charge is 0.301 e. The van der Waals surface area contributed by atoms with Crippen LogP contribution in [-0.4, -0.2) is 46.8 Å². The van der Waals surface area contributed by atoms with Gasteiger partial charge in [0.15, 0.2) is 15.8 Å². The summed E-state index contributed by atoms with van der Waals surface area (Å²) in [5, 5.41) is 20.4. The molecule has 1 aromatic heterocycles. The Labute approximate surface area is 256 Å². The lowest BCUT2D eigenvalue weighted by Crippen LogP contribution is -2.29. The summed E-state index contributed by atoms with van der Waals surface area (Å²) < 4.78 is 17.7. The Hall–Kier alpha value is -4.61. The van der Waals surface area contributed by atoms with Crippen LogP contribution in [0.15, 0.2) is 89.3 Å². The van der Waals surface area contributed by atoms with Gasteiger partial charge in [0.05, 0.1) is 11.6 Å². The summed E-state index contributed by atoms with van der Waals surface area (Å²) >= 11 is 2.70. The van der Waals surface area contributed by atoms with E-state index in [0.717, 1.165) is 5.56 Å². The van der Waals surface area contributed by atoms with Crippen LogP contribution in [0, 0.1) is 6.92 Å². The number of thioether (sulfide) groups is 1. The third-order valence-electron chi connectivity index (χ3n) is 6.89. The minimum Gasteiger partial charge on any atom is -0.507 e. The van der Waals surface area contributed by atoms with Gasteiger partial charge in [-0.1, -0.05) is 77.7 Å². The number of fused-ring (bicyclic) bond motifs is 1. The molecule has 218 valence electrons. The molecule has 0 saturated carbocycles. The fourth-order valence-electron chi connectivity index (χ4n) is 4.81. The van der Waals surface area contributed by atoms with Gasteiger partial charge in [-0.15, -0.1) is 10.2 Å². The maximum atomic E-state index is 13.6. The maximum absolute atomic E-state index is 13.6. The van der Waals surface area contributed by atoms with Crippen LogP contribution in [0.2, 0.25) is 0 Å². The number of rotatable bonds is 9. The second kappa shape index (κ2) is 12.3. The molecule has 3 heterocycles. The fourth-order valence-corrected chi connectivity index (χ4v) is 6.63. The van der Waals surface area contributed by atoms with E-state index >= 15 is 0 Å². The molecule has 1 fully saturated rings. The molecular formula is C32H27N3O6S2. The Morgan fingerprint density at radius 2 is 1.88 bits per heavy atom. The van der Waals surface area contributed by atoms with Crippen molar-refractivity contribution in [1.29, 1.82) is 0 Å². The van der Waals surface area contributed by atoms with Crippen molar-refractivity contribution >= 4 is 45.7 Å². The van der Waals surface area contributed by atoms with E-state index in [1.807, 2.05) is 6.92 Å². The first-order valence-electron chi connectivity index (χ1n) is 13.5. The summed E-state index contributed by atoms with van der Waals surface area (Å²) in [5.74, 6) is 0.195. The lowest BCUT2D eigenvalue weighted by molar-refractivity contribution is -0.132. The Bertz CT molecular complexity index is 1730. The number of carbonyl (C=O) groups is 2. The molecule has 1 N–H and O–H groups in total. The van der Waals surface area contributed by atoms with Crippen LogP contribution < -0.4 is 19.1 Å². The van der Waals surface area contributed by atoms with Gasteiger partial charge in [-0.25, -0.2) is 0 Å². The zero-order valence-corrected chi connectivity index (χ0v) is 24.8. The Morgan fingerprint density at radius 1 is 1.09 bits per heavy atom. The second-order valence-corrected chi connectivity index (χ2v) is 12.0. The summed E-state index contributed by atoms with van der Waals surface area (Å²) in [6.45, 7) is 6.78. The molecule has 6 rings (SSSR count). The second-order valence-electron chi connectivity index (χ2n) is 9.82. The van der Waals surface area contributed by atoms with Crippen LogP contribution in [-0.2, 0) is 15.3 Å². The molecule has 2 aliphatic heterocycles. The minimum atomic E-state index is -0.983. The van der Waals surface area contributed by atoms with Gasteiger partial charge in [-0.3, -0.25) is 14.5 Å². The monoisotopic (exact) mass is 613 g/mol. The first-order chi connectivity index (χ1) is 20.9. The molecule has 0 radical (unpaired) electrons. The summed E-state index contributed by atoms with van der Waals surface area (Å²) in [5.41, 5.74) is 3.11. The van der Waals surface area contributed by atoms with Crippen molar-refractivity contribution in [2.75, 3.05) is 24.7 Å². The van der Waals surface area contributed by atoms with E-state index in [4.69, 9.17) is 14.2 Å². The third-order valence-corrected chi connectivity index (χ3v) is 9.01. The zero-order valence-electron chi connectivity index (χ0n) is 23.2. The lowest BCUT2D eigenvalue weighted by Gasteiger charge is -2.23. The first-order valence-corrected chi connectivity index (χ1v) is 15.3. The standard InChI is InChI=1S/C32H27N3O6S2/c1-3-13-39-23-6-4-5-21(16-23)27-26(28(36)22-11-12-24-25(17-22)41-15-14-40-24)29(37)30(38)35(27)31-33-34-32(43-31)42-18-20-9-7-19(2)8-10-20/h3-12,16-17,27,36H,1,13-15,18H2,2H3/b28-26+/t27-/m0/s1. The molecule has 0 spiro atoms. The van der Waals surface area contributed by atoms with Crippen molar-refractivity contribution in [2.45, 2.75) is 23.1 Å². The lowest BCUT2D eigenvalue weighted by atomic mass is 9.95. The predicted octanol–water partition coefficient (Wildman–Crippen LogP) is 6.10. The molecule has 9 nitrogen and oxygen atoms in total. The first kappa shape index (κ1) is 28.5. The molecular weight excluding hydrogens is 587 g/mol. The van der Waals surface area contributed by atoms with Crippen LogP contribution in [0.1, 0.15) is 28.3 Å². The molecule has 1 saturated heterocycles. The van der Waals surface area contributed by atoms with E-state index in [0.29, 0.717) is 51.7 Å². The molecule has 2 aliphatic rings. The van der Waals surface area contributed by atoms with Gasteiger partial charge in [0.2, 0.25) is 5.13 Å². The van der Waals surface area contributed by atoms with Crippen molar-refractivity contribution in [3.63, 3.8) is 0 Å². The Kier molecular flexibility index (Phi) is 8.17. The summed E-state index contributed by atoms with van der Waals surface area (Å²) in [6, 6.07) is 19.2. The van der Waals surface area contributed by atoms with Crippen LogP contribution in [0.4, 0.5) is 5.13 Å². The van der Waals surface area contributed by atoms with Crippen molar-refractivity contribution < 1.29 is 28.9 Å². The number of Topliss-reactive ketones (excluding diaryl/α,β-unsaturated/α-hetero) is 1. The number of hydrogen-bond acceptors (Lipinski definition) is 10. The topological polar surface area (TPSA) is 111 Å². The molecule has 43 heavy (non-hydrogen) atoms. The largest absolute Gasteiger partial charge is 0.507 e. The Balaban J connectivity index is 1.39. The molecule has 1 amide bonds. The maximum Gasteiger partial charge on any atom is 0.301 e. The highest BCUT2D eigenvalue weighted by molar-refractivity contribution is 8.00. The van der Waals surface area contributed by atoms with Crippen molar-refractivity contribution in [3.05, 3.63) is 107 Å². The van der Waals surface area contributed by atoms with Crippen LogP contribution in [0.25, 0.3) is 5.76 Å². The van der Waals surface area contributed by atoms with Gasteiger partial charge in [0.25, 0.3) is 5.78 Å². The third kappa shape index (κ3) is 5.86. The van der Waals surface area contributed by atoms with E-state index in [-0.39, 0.29) is 23.1 Å². The SMILES string of the molecule is C=CCOc1cccc([C@H]2/C(=C(\O)c3ccc4c(c3)OCCO4)C(=O)C(=O)N2c2nnc(SCc3ccc(C)cc3)s2)c1. The number of benzene rings is 3. The number of ketones is 1. The van der Waals surface area contributed by atoms with E-state index in [9.17, 15) is 14.7 Å². The quantitative estimate of drug-likeness (QED) is 0.0598. The molecule has 0 aliphatic carbocycles. The molecule has 4 aromatic rings. The molecule has 11 heteroatoms. The van der Waals surface area contributed by atoms with Gasteiger partial charge < -0.3 is 19.3 Å². The average Bonchev–Trinajstić information content (AvgIpc) is 3.61. The summed E-state index contributed by atoms with van der Waals surface area (Å²) in [4.78, 5) is 28.5. The number of ether oxygens (including phenoxy) is 3. The van der Waals surface area contributed by atoms with Crippen molar-refractivity contribution in [2.24, 2.45) is 0 Å². The van der Waals surface area contributed by atoms with Gasteiger partial charge in [0, 0.05) is 11.3 Å². The molecule has 0 unspecified atom stereocenters. The molecule has 3 aromatic carbocycles. The van der Waals surface area contributed by atoms with Crippen LogP contribution >= 0.6 is 23.1 Å². The average molecular weight is 614 g/mol. The number of aromatic nitrogens is 2. The minimum absolute atomic E-state index is 0.0772. The molecule has 0 bridgehead atoms. The van der Waals surface area contributed by atoms with Gasteiger partial charge in [-0.05, 0) is 48.4 Å². The number of nitrogens with zero attached hydrogens (tertiary/aromatic N) is 3. The van der Waals surface area contributed by atoms with Crippen LogP contribution in [0.3, 0.4) is 0 Å². The predicted molar refractivity (Wildman–Crippen MR) is 165 cm³/mol. The van der Waals surface area contributed by atoms with E-state index in [2.05, 4.69) is 41.0 Å². The highest BCUT2D eigenvalue weighted by atomic mass is 32.2. The van der Waals surface area contributed by atoms with Crippen molar-refractivity contribution in [3.8, 4) is 17.2 Å².